The molecule has 3 nitrogen and oxygen atoms in total. The quantitative estimate of drug-likeness (QED) is 0.854. The summed E-state index contributed by atoms with van der Waals surface area (Å²) < 4.78 is 6.54. The molecule has 0 fully saturated rings. The lowest BCUT2D eigenvalue weighted by molar-refractivity contribution is -0.130. The SMILES string of the molecule is Cc1cc(OCC(=O)N(C)C)c(C)cc1Br. The molecule has 0 aliphatic rings. The maximum atomic E-state index is 11.4. The zero-order valence-electron chi connectivity index (χ0n) is 10.0. The standard InChI is InChI=1S/C12H16BrNO2/c1-8-6-11(9(2)5-10(8)13)16-7-12(15)14(3)4/h5-6H,7H2,1-4H3. The maximum Gasteiger partial charge on any atom is 0.259 e. The van der Waals surface area contributed by atoms with E-state index in [0.717, 1.165) is 21.3 Å². The number of halogens is 1. The number of ether oxygens (including phenoxy) is 1. The topological polar surface area (TPSA) is 29.5 Å². The van der Waals surface area contributed by atoms with Crippen molar-refractivity contribution in [3.63, 3.8) is 0 Å². The molecule has 0 aromatic heterocycles. The predicted octanol–water partition coefficient (Wildman–Crippen LogP) is 2.53. The fourth-order valence-corrected chi connectivity index (χ4v) is 1.64. The number of hydrogen-bond acceptors (Lipinski definition) is 2. The van der Waals surface area contributed by atoms with Crippen molar-refractivity contribution in [2.75, 3.05) is 20.7 Å². The second-order valence-electron chi connectivity index (χ2n) is 3.94. The monoisotopic (exact) mass is 285 g/mol. The highest BCUT2D eigenvalue weighted by Gasteiger charge is 2.08. The van der Waals surface area contributed by atoms with Gasteiger partial charge in [-0.05, 0) is 37.1 Å². The summed E-state index contributed by atoms with van der Waals surface area (Å²) in [4.78, 5) is 12.9. The van der Waals surface area contributed by atoms with Gasteiger partial charge in [-0.1, -0.05) is 15.9 Å². The average Bonchev–Trinajstić information content (AvgIpc) is 2.20. The molecule has 0 unspecified atom stereocenters. The van der Waals surface area contributed by atoms with E-state index in [2.05, 4.69) is 15.9 Å². The molecule has 0 saturated carbocycles. The predicted molar refractivity (Wildman–Crippen MR) is 67.8 cm³/mol. The van der Waals surface area contributed by atoms with E-state index >= 15 is 0 Å². The summed E-state index contributed by atoms with van der Waals surface area (Å²) in [6.07, 6.45) is 0. The van der Waals surface area contributed by atoms with Crippen LogP contribution in [0.5, 0.6) is 5.75 Å². The third-order valence-corrected chi connectivity index (χ3v) is 3.16. The summed E-state index contributed by atoms with van der Waals surface area (Å²) in [5.41, 5.74) is 2.11. The van der Waals surface area contributed by atoms with Crippen LogP contribution in [-0.2, 0) is 4.79 Å². The number of rotatable bonds is 3. The number of benzene rings is 1. The summed E-state index contributed by atoms with van der Waals surface area (Å²) in [6, 6.07) is 3.92. The van der Waals surface area contributed by atoms with E-state index in [1.807, 2.05) is 26.0 Å². The third kappa shape index (κ3) is 3.23. The van der Waals surface area contributed by atoms with Gasteiger partial charge in [-0.3, -0.25) is 4.79 Å². The average molecular weight is 286 g/mol. The van der Waals surface area contributed by atoms with Crippen molar-refractivity contribution in [1.29, 1.82) is 0 Å². The molecule has 1 aromatic carbocycles. The lowest BCUT2D eigenvalue weighted by Gasteiger charge is -2.13. The molecule has 0 aliphatic carbocycles. The zero-order chi connectivity index (χ0) is 12.3. The van der Waals surface area contributed by atoms with Crippen LogP contribution < -0.4 is 4.74 Å². The van der Waals surface area contributed by atoms with Crippen LogP contribution in [0.4, 0.5) is 0 Å². The largest absolute Gasteiger partial charge is 0.483 e. The second kappa shape index (κ2) is 5.34. The maximum absolute atomic E-state index is 11.4. The van der Waals surface area contributed by atoms with Crippen molar-refractivity contribution >= 4 is 21.8 Å². The molecule has 0 aliphatic heterocycles. The van der Waals surface area contributed by atoms with Gasteiger partial charge in [-0.15, -0.1) is 0 Å². The first-order valence-corrected chi connectivity index (χ1v) is 5.81. The van der Waals surface area contributed by atoms with Gasteiger partial charge in [0.1, 0.15) is 5.75 Å². The van der Waals surface area contributed by atoms with E-state index in [-0.39, 0.29) is 12.5 Å². The van der Waals surface area contributed by atoms with Crippen LogP contribution in [0.3, 0.4) is 0 Å². The molecule has 0 bridgehead atoms. The number of hydrogen-bond donors (Lipinski definition) is 0. The minimum absolute atomic E-state index is 0.0417. The Morgan fingerprint density at radius 1 is 1.31 bits per heavy atom. The summed E-state index contributed by atoms with van der Waals surface area (Å²) in [6.45, 7) is 4.03. The van der Waals surface area contributed by atoms with Gasteiger partial charge in [-0.25, -0.2) is 0 Å². The van der Waals surface area contributed by atoms with Crippen LogP contribution in [0, 0.1) is 13.8 Å². The van der Waals surface area contributed by atoms with Gasteiger partial charge >= 0.3 is 0 Å². The number of aryl methyl sites for hydroxylation is 2. The molecular weight excluding hydrogens is 270 g/mol. The summed E-state index contributed by atoms with van der Waals surface area (Å²) in [5, 5.41) is 0. The van der Waals surface area contributed by atoms with Gasteiger partial charge in [0.2, 0.25) is 0 Å². The highest BCUT2D eigenvalue weighted by atomic mass is 79.9. The molecule has 1 rings (SSSR count). The molecular formula is C12H16BrNO2. The second-order valence-corrected chi connectivity index (χ2v) is 4.80. The van der Waals surface area contributed by atoms with Gasteiger partial charge in [0.25, 0.3) is 5.91 Å². The lowest BCUT2D eigenvalue weighted by atomic mass is 10.1. The Morgan fingerprint density at radius 2 is 1.94 bits per heavy atom. The summed E-state index contributed by atoms with van der Waals surface area (Å²) >= 11 is 3.45. The molecule has 0 N–H and O–H groups in total. The van der Waals surface area contributed by atoms with Gasteiger partial charge in [0, 0.05) is 18.6 Å². The van der Waals surface area contributed by atoms with Crippen molar-refractivity contribution in [2.24, 2.45) is 0 Å². The Kier molecular flexibility index (Phi) is 4.35. The summed E-state index contributed by atoms with van der Waals surface area (Å²) in [7, 11) is 3.43. The van der Waals surface area contributed by atoms with Crippen molar-refractivity contribution in [3.05, 3.63) is 27.7 Å². The first-order chi connectivity index (χ1) is 7.41. The number of likely N-dealkylation sites (N-methyl/N-ethyl adjacent to an activating group) is 1. The molecule has 88 valence electrons. The lowest BCUT2D eigenvalue weighted by Crippen LogP contribution is -2.27. The van der Waals surface area contributed by atoms with Crippen LogP contribution in [0.15, 0.2) is 16.6 Å². The van der Waals surface area contributed by atoms with E-state index in [0.29, 0.717) is 0 Å². The van der Waals surface area contributed by atoms with Crippen molar-refractivity contribution in [3.8, 4) is 5.75 Å². The van der Waals surface area contributed by atoms with Gasteiger partial charge in [-0.2, -0.15) is 0 Å². The van der Waals surface area contributed by atoms with Crippen molar-refractivity contribution in [1.82, 2.24) is 4.90 Å². The highest BCUT2D eigenvalue weighted by Crippen LogP contribution is 2.26. The molecule has 4 heteroatoms. The number of amides is 1. The molecule has 0 saturated heterocycles. The normalized spacial score (nSPS) is 10.1. The van der Waals surface area contributed by atoms with Gasteiger partial charge < -0.3 is 9.64 Å². The fraction of sp³-hybridized carbons (Fsp3) is 0.417. The molecule has 1 amide bonds. The highest BCUT2D eigenvalue weighted by molar-refractivity contribution is 9.10. The van der Waals surface area contributed by atoms with E-state index in [9.17, 15) is 4.79 Å². The van der Waals surface area contributed by atoms with Crippen molar-refractivity contribution in [2.45, 2.75) is 13.8 Å². The van der Waals surface area contributed by atoms with Gasteiger partial charge in [0.05, 0.1) is 0 Å². The van der Waals surface area contributed by atoms with Gasteiger partial charge in [0.15, 0.2) is 6.61 Å². The molecule has 1 aromatic rings. The summed E-state index contributed by atoms with van der Waals surface area (Å²) in [5.74, 6) is 0.718. The molecule has 0 heterocycles. The van der Waals surface area contributed by atoms with E-state index in [1.54, 1.807) is 14.1 Å². The first-order valence-electron chi connectivity index (χ1n) is 5.01. The molecule has 0 radical (unpaired) electrons. The molecule has 0 atom stereocenters. The van der Waals surface area contributed by atoms with Crippen LogP contribution in [0.25, 0.3) is 0 Å². The van der Waals surface area contributed by atoms with E-state index in [4.69, 9.17) is 4.74 Å². The minimum Gasteiger partial charge on any atom is -0.483 e. The van der Waals surface area contributed by atoms with Crippen LogP contribution in [-0.4, -0.2) is 31.5 Å². The Hall–Kier alpha value is -1.03. The van der Waals surface area contributed by atoms with Crippen LogP contribution >= 0.6 is 15.9 Å². The van der Waals surface area contributed by atoms with Crippen LogP contribution in [0.1, 0.15) is 11.1 Å². The zero-order valence-corrected chi connectivity index (χ0v) is 11.6. The fourth-order valence-electron chi connectivity index (χ4n) is 1.18. The van der Waals surface area contributed by atoms with Crippen LogP contribution in [0.2, 0.25) is 0 Å². The Bertz CT molecular complexity index is 402. The number of carbonyl (C=O) groups is 1. The van der Waals surface area contributed by atoms with E-state index < -0.39 is 0 Å². The Morgan fingerprint density at radius 3 is 2.50 bits per heavy atom. The third-order valence-electron chi connectivity index (χ3n) is 2.31. The number of nitrogens with zero attached hydrogens (tertiary/aromatic N) is 1. The first kappa shape index (κ1) is 13.0. The Labute approximate surface area is 105 Å². The molecule has 0 spiro atoms. The molecule has 16 heavy (non-hydrogen) atoms. The smallest absolute Gasteiger partial charge is 0.259 e. The number of carbonyl (C=O) groups excluding carboxylic acids is 1. The minimum atomic E-state index is -0.0417. The Balaban J connectivity index is 2.75. The van der Waals surface area contributed by atoms with Crippen molar-refractivity contribution < 1.29 is 9.53 Å². The van der Waals surface area contributed by atoms with E-state index in [1.165, 1.54) is 4.90 Å².